The smallest absolute Gasteiger partial charge is 0.119 e. The topological polar surface area (TPSA) is 35.2 Å². The first-order chi connectivity index (χ1) is 9.26. The van der Waals surface area contributed by atoms with E-state index >= 15 is 0 Å². The van der Waals surface area contributed by atoms with Crippen molar-refractivity contribution in [3.63, 3.8) is 0 Å². The molecule has 0 radical (unpaired) electrons. The van der Waals surface area contributed by atoms with Crippen LogP contribution in [0, 0.1) is 0 Å². The summed E-state index contributed by atoms with van der Waals surface area (Å²) in [5.41, 5.74) is 9.99. The van der Waals surface area contributed by atoms with E-state index in [-0.39, 0.29) is 6.04 Å². The van der Waals surface area contributed by atoms with Crippen LogP contribution < -0.4 is 10.5 Å². The van der Waals surface area contributed by atoms with E-state index in [2.05, 4.69) is 31.2 Å². The second-order valence-corrected chi connectivity index (χ2v) is 4.54. The Morgan fingerprint density at radius 3 is 2.58 bits per heavy atom. The van der Waals surface area contributed by atoms with Crippen LogP contribution in [-0.4, -0.2) is 6.61 Å². The molecule has 0 saturated carbocycles. The zero-order valence-corrected chi connectivity index (χ0v) is 11.6. The van der Waals surface area contributed by atoms with Crippen molar-refractivity contribution < 1.29 is 4.74 Å². The Balaban J connectivity index is 2.32. The largest absolute Gasteiger partial charge is 0.494 e. The third-order valence-electron chi connectivity index (χ3n) is 3.30. The second-order valence-electron chi connectivity index (χ2n) is 4.54. The van der Waals surface area contributed by atoms with E-state index in [4.69, 9.17) is 10.5 Å². The highest BCUT2D eigenvalue weighted by Crippen LogP contribution is 2.25. The molecule has 0 aromatic heterocycles. The third-order valence-corrected chi connectivity index (χ3v) is 3.30. The van der Waals surface area contributed by atoms with E-state index in [0.29, 0.717) is 6.61 Å². The van der Waals surface area contributed by atoms with E-state index in [9.17, 15) is 0 Å². The number of aryl methyl sites for hydroxylation is 1. The van der Waals surface area contributed by atoms with Crippen molar-refractivity contribution in [1.29, 1.82) is 0 Å². The molecule has 2 nitrogen and oxygen atoms in total. The van der Waals surface area contributed by atoms with Crippen molar-refractivity contribution in [2.24, 2.45) is 5.73 Å². The van der Waals surface area contributed by atoms with Crippen LogP contribution >= 0.6 is 0 Å². The molecule has 1 atom stereocenters. The molecule has 19 heavy (non-hydrogen) atoms. The molecule has 2 rings (SSSR count). The van der Waals surface area contributed by atoms with Crippen molar-refractivity contribution in [2.75, 3.05) is 6.61 Å². The van der Waals surface area contributed by atoms with Crippen LogP contribution in [0.5, 0.6) is 5.75 Å². The van der Waals surface area contributed by atoms with Crippen LogP contribution in [0.3, 0.4) is 0 Å². The van der Waals surface area contributed by atoms with Gasteiger partial charge in [0.25, 0.3) is 0 Å². The standard InChI is InChI=1S/C17H21NO/c1-3-13-8-5-6-11-16(13)17(18)14-9-7-10-15(12-14)19-4-2/h5-12,17H,3-4,18H2,1-2H3. The number of ether oxygens (including phenoxy) is 1. The van der Waals surface area contributed by atoms with Gasteiger partial charge in [0.2, 0.25) is 0 Å². The number of benzene rings is 2. The summed E-state index contributed by atoms with van der Waals surface area (Å²) in [5.74, 6) is 0.879. The lowest BCUT2D eigenvalue weighted by molar-refractivity contribution is 0.340. The number of hydrogen-bond donors (Lipinski definition) is 1. The van der Waals surface area contributed by atoms with Crippen molar-refractivity contribution in [3.8, 4) is 5.75 Å². The Hall–Kier alpha value is -1.80. The summed E-state index contributed by atoms with van der Waals surface area (Å²) >= 11 is 0. The highest BCUT2D eigenvalue weighted by molar-refractivity contribution is 5.39. The Morgan fingerprint density at radius 1 is 1.05 bits per heavy atom. The molecule has 0 aliphatic heterocycles. The quantitative estimate of drug-likeness (QED) is 0.884. The maximum atomic E-state index is 6.40. The summed E-state index contributed by atoms with van der Waals surface area (Å²) in [5, 5.41) is 0. The summed E-state index contributed by atoms with van der Waals surface area (Å²) < 4.78 is 5.53. The predicted molar refractivity (Wildman–Crippen MR) is 79.5 cm³/mol. The maximum absolute atomic E-state index is 6.40. The highest BCUT2D eigenvalue weighted by Gasteiger charge is 2.12. The Bertz CT molecular complexity index is 536. The minimum absolute atomic E-state index is 0.100. The lowest BCUT2D eigenvalue weighted by Gasteiger charge is -2.17. The van der Waals surface area contributed by atoms with Crippen molar-refractivity contribution in [3.05, 3.63) is 65.2 Å². The van der Waals surface area contributed by atoms with Crippen LogP contribution in [-0.2, 0) is 6.42 Å². The van der Waals surface area contributed by atoms with E-state index in [0.717, 1.165) is 17.7 Å². The molecule has 0 spiro atoms. The third kappa shape index (κ3) is 3.15. The molecule has 2 heteroatoms. The lowest BCUT2D eigenvalue weighted by atomic mass is 9.94. The van der Waals surface area contributed by atoms with Crippen LogP contribution in [0.15, 0.2) is 48.5 Å². The van der Waals surface area contributed by atoms with E-state index in [1.807, 2.05) is 31.2 Å². The monoisotopic (exact) mass is 255 g/mol. The van der Waals surface area contributed by atoms with Gasteiger partial charge in [-0.2, -0.15) is 0 Å². The molecule has 0 heterocycles. The van der Waals surface area contributed by atoms with Gasteiger partial charge in [-0.3, -0.25) is 0 Å². The first kappa shape index (κ1) is 13.6. The van der Waals surface area contributed by atoms with Gasteiger partial charge in [-0.15, -0.1) is 0 Å². The van der Waals surface area contributed by atoms with E-state index in [1.54, 1.807) is 0 Å². The maximum Gasteiger partial charge on any atom is 0.119 e. The molecule has 0 aliphatic carbocycles. The first-order valence-electron chi connectivity index (χ1n) is 6.82. The van der Waals surface area contributed by atoms with Crippen molar-refractivity contribution >= 4 is 0 Å². The summed E-state index contributed by atoms with van der Waals surface area (Å²) in [7, 11) is 0. The Morgan fingerprint density at radius 2 is 1.84 bits per heavy atom. The predicted octanol–water partition coefficient (Wildman–Crippen LogP) is 3.70. The van der Waals surface area contributed by atoms with Gasteiger partial charge < -0.3 is 10.5 Å². The van der Waals surface area contributed by atoms with Gasteiger partial charge in [-0.1, -0.05) is 43.3 Å². The van der Waals surface area contributed by atoms with Gasteiger partial charge in [0.05, 0.1) is 12.6 Å². The van der Waals surface area contributed by atoms with Crippen LogP contribution in [0.2, 0.25) is 0 Å². The van der Waals surface area contributed by atoms with Crippen LogP contribution in [0.4, 0.5) is 0 Å². The normalized spacial score (nSPS) is 12.2. The Kier molecular flexibility index (Phi) is 4.58. The van der Waals surface area contributed by atoms with E-state index < -0.39 is 0 Å². The van der Waals surface area contributed by atoms with Gasteiger partial charge in [0, 0.05) is 0 Å². The lowest BCUT2D eigenvalue weighted by Crippen LogP contribution is -2.14. The zero-order chi connectivity index (χ0) is 13.7. The average molecular weight is 255 g/mol. The zero-order valence-electron chi connectivity index (χ0n) is 11.6. The van der Waals surface area contributed by atoms with Crippen LogP contribution in [0.1, 0.15) is 36.6 Å². The summed E-state index contributed by atoms with van der Waals surface area (Å²) in [6.07, 6.45) is 0.995. The minimum Gasteiger partial charge on any atom is -0.494 e. The van der Waals surface area contributed by atoms with Crippen molar-refractivity contribution in [1.82, 2.24) is 0 Å². The first-order valence-corrected chi connectivity index (χ1v) is 6.82. The number of nitrogens with two attached hydrogens (primary N) is 1. The van der Waals surface area contributed by atoms with Gasteiger partial charge >= 0.3 is 0 Å². The molecule has 2 N–H and O–H groups in total. The summed E-state index contributed by atoms with van der Waals surface area (Å²) in [6.45, 7) is 4.81. The molecule has 0 amide bonds. The molecule has 2 aromatic rings. The van der Waals surface area contributed by atoms with E-state index in [1.165, 1.54) is 11.1 Å². The van der Waals surface area contributed by atoms with Gasteiger partial charge in [-0.05, 0) is 42.2 Å². The van der Waals surface area contributed by atoms with Gasteiger partial charge in [-0.25, -0.2) is 0 Å². The average Bonchev–Trinajstić information content (AvgIpc) is 2.47. The second kappa shape index (κ2) is 6.39. The molecule has 100 valence electrons. The fourth-order valence-corrected chi connectivity index (χ4v) is 2.30. The molecule has 0 aliphatic rings. The van der Waals surface area contributed by atoms with Gasteiger partial charge in [0.15, 0.2) is 0 Å². The minimum atomic E-state index is -0.100. The van der Waals surface area contributed by atoms with Gasteiger partial charge in [0.1, 0.15) is 5.75 Å². The number of hydrogen-bond acceptors (Lipinski definition) is 2. The SMILES string of the molecule is CCOc1cccc(C(N)c2ccccc2CC)c1. The molecule has 1 unspecified atom stereocenters. The fraction of sp³-hybridized carbons (Fsp3) is 0.294. The molecule has 0 fully saturated rings. The number of rotatable bonds is 5. The molecule has 2 aromatic carbocycles. The molecule has 0 saturated heterocycles. The van der Waals surface area contributed by atoms with Crippen molar-refractivity contribution in [2.45, 2.75) is 26.3 Å². The molecular formula is C17H21NO. The molecule has 0 bridgehead atoms. The molecular weight excluding hydrogens is 234 g/mol. The summed E-state index contributed by atoms with van der Waals surface area (Å²) in [4.78, 5) is 0. The highest BCUT2D eigenvalue weighted by atomic mass is 16.5. The summed E-state index contributed by atoms with van der Waals surface area (Å²) in [6, 6.07) is 16.3. The van der Waals surface area contributed by atoms with Crippen LogP contribution in [0.25, 0.3) is 0 Å². The fourth-order valence-electron chi connectivity index (χ4n) is 2.30. The Labute approximate surface area is 115 Å².